The lowest BCUT2D eigenvalue weighted by Gasteiger charge is -2.26. The zero-order chi connectivity index (χ0) is 21.3. The van der Waals surface area contributed by atoms with Gasteiger partial charge in [0, 0.05) is 50.3 Å². The number of ether oxygens (including phenoxy) is 1. The van der Waals surface area contributed by atoms with E-state index in [-0.39, 0.29) is 35.8 Å². The highest BCUT2D eigenvalue weighted by atomic mass is 127. The number of likely N-dealkylation sites (N-methyl/N-ethyl adjacent to an activating group) is 1. The molecule has 2 aromatic rings. The van der Waals surface area contributed by atoms with Crippen LogP contribution in [0.25, 0.3) is 0 Å². The fourth-order valence-corrected chi connectivity index (χ4v) is 3.43. The van der Waals surface area contributed by atoms with E-state index < -0.39 is 0 Å². The van der Waals surface area contributed by atoms with Crippen molar-refractivity contribution in [2.75, 3.05) is 46.2 Å². The molecule has 7 nitrogen and oxygen atoms in total. The number of nitrogens with zero attached hydrogens (tertiary/aromatic N) is 2. The largest absolute Gasteiger partial charge is 0.492 e. The van der Waals surface area contributed by atoms with E-state index in [1.807, 2.05) is 56.6 Å². The highest BCUT2D eigenvalue weighted by molar-refractivity contribution is 14.0. The second kappa shape index (κ2) is 12.5. The van der Waals surface area contributed by atoms with Crippen LogP contribution >= 0.6 is 24.0 Å². The number of carbonyl (C=O) groups is 1. The van der Waals surface area contributed by atoms with Crippen molar-refractivity contribution in [3.05, 3.63) is 59.7 Å². The van der Waals surface area contributed by atoms with Gasteiger partial charge >= 0.3 is 0 Å². The summed E-state index contributed by atoms with van der Waals surface area (Å²) in [6, 6.07) is 16.0. The summed E-state index contributed by atoms with van der Waals surface area (Å²) in [5, 5.41) is 9.65. The number of hydrogen-bond donors (Lipinski definition) is 3. The number of amides is 1. The van der Waals surface area contributed by atoms with E-state index in [1.165, 1.54) is 0 Å². The molecule has 0 saturated heterocycles. The number of hydrogen-bond acceptors (Lipinski definition) is 4. The van der Waals surface area contributed by atoms with Gasteiger partial charge in [-0.1, -0.05) is 36.4 Å². The fourth-order valence-electron chi connectivity index (χ4n) is 3.43. The Balaban J connectivity index is 0.00000341. The Morgan fingerprint density at radius 3 is 2.68 bits per heavy atom. The first-order chi connectivity index (χ1) is 14.6. The Morgan fingerprint density at radius 2 is 1.90 bits per heavy atom. The third-order valence-corrected chi connectivity index (χ3v) is 5.06. The van der Waals surface area contributed by atoms with Crippen molar-refractivity contribution in [1.82, 2.24) is 15.5 Å². The summed E-state index contributed by atoms with van der Waals surface area (Å²) < 4.78 is 5.93. The van der Waals surface area contributed by atoms with Gasteiger partial charge in [-0.3, -0.25) is 9.79 Å². The monoisotopic (exact) mass is 537 g/mol. The molecule has 3 N–H and O–H groups in total. The zero-order valence-corrected chi connectivity index (χ0v) is 20.7. The number of rotatable bonds is 8. The van der Waals surface area contributed by atoms with Crippen LogP contribution in [0.2, 0.25) is 0 Å². The molecule has 0 saturated carbocycles. The number of aliphatic imine (C=N–C) groups is 1. The number of halogens is 1. The van der Waals surface area contributed by atoms with E-state index in [1.54, 1.807) is 7.05 Å². The summed E-state index contributed by atoms with van der Waals surface area (Å²) in [6.07, 6.45) is 0.462. The Bertz CT molecular complexity index is 888. The highest BCUT2D eigenvalue weighted by Gasteiger charge is 2.24. The first kappa shape index (κ1) is 24.9. The highest BCUT2D eigenvalue weighted by Crippen LogP contribution is 2.31. The van der Waals surface area contributed by atoms with Gasteiger partial charge in [-0.2, -0.15) is 0 Å². The van der Waals surface area contributed by atoms with Gasteiger partial charge in [-0.05, 0) is 31.8 Å². The lowest BCUT2D eigenvalue weighted by molar-refractivity contribution is -0.116. The minimum atomic E-state index is 0. The molecule has 168 valence electrons. The summed E-state index contributed by atoms with van der Waals surface area (Å²) in [5.74, 6) is 1.73. The number of carbonyl (C=O) groups excluding carboxylic acids is 1. The van der Waals surface area contributed by atoms with Crippen molar-refractivity contribution in [3.8, 4) is 5.75 Å². The van der Waals surface area contributed by atoms with Crippen LogP contribution in [0, 0.1) is 0 Å². The van der Waals surface area contributed by atoms with Crippen LogP contribution in [-0.2, 0) is 11.3 Å². The maximum Gasteiger partial charge on any atom is 0.225 e. The van der Waals surface area contributed by atoms with E-state index in [0.717, 1.165) is 29.1 Å². The van der Waals surface area contributed by atoms with E-state index in [9.17, 15) is 4.79 Å². The third-order valence-electron chi connectivity index (χ3n) is 5.06. The maximum atomic E-state index is 12.0. The Morgan fingerprint density at radius 1 is 1.16 bits per heavy atom. The van der Waals surface area contributed by atoms with Gasteiger partial charge in [0.05, 0.1) is 0 Å². The van der Waals surface area contributed by atoms with Crippen molar-refractivity contribution >= 4 is 41.5 Å². The first-order valence-corrected chi connectivity index (χ1v) is 10.3. The summed E-state index contributed by atoms with van der Waals surface area (Å²) in [4.78, 5) is 18.4. The van der Waals surface area contributed by atoms with Gasteiger partial charge in [0.2, 0.25) is 5.91 Å². The molecule has 0 spiro atoms. The van der Waals surface area contributed by atoms with Gasteiger partial charge in [-0.15, -0.1) is 24.0 Å². The molecule has 0 bridgehead atoms. The number of fused-ring (bicyclic) bond motifs is 1. The van der Waals surface area contributed by atoms with Crippen LogP contribution in [0.1, 0.15) is 23.5 Å². The molecule has 0 aliphatic carbocycles. The van der Waals surface area contributed by atoms with Gasteiger partial charge in [-0.25, -0.2) is 0 Å². The number of nitrogens with one attached hydrogen (secondary N) is 3. The first-order valence-electron chi connectivity index (χ1n) is 10.3. The SMILES string of the molecule is CN=C(NCc1ccccc1OCCN(C)C)NCC1CC(=O)Nc2ccccc21.I. The lowest BCUT2D eigenvalue weighted by Crippen LogP contribution is -2.40. The van der Waals surface area contributed by atoms with E-state index in [0.29, 0.717) is 32.1 Å². The maximum absolute atomic E-state index is 12.0. The number of benzene rings is 2. The summed E-state index contributed by atoms with van der Waals surface area (Å²) >= 11 is 0. The van der Waals surface area contributed by atoms with Crippen LogP contribution in [0.15, 0.2) is 53.5 Å². The zero-order valence-electron chi connectivity index (χ0n) is 18.4. The molecule has 1 atom stereocenters. The van der Waals surface area contributed by atoms with Crippen LogP contribution in [0.3, 0.4) is 0 Å². The molecule has 8 heteroatoms. The van der Waals surface area contributed by atoms with E-state index >= 15 is 0 Å². The van der Waals surface area contributed by atoms with Gasteiger partial charge < -0.3 is 25.6 Å². The molecule has 3 rings (SSSR count). The van der Waals surface area contributed by atoms with Crippen molar-refractivity contribution in [3.63, 3.8) is 0 Å². The molecule has 0 radical (unpaired) electrons. The van der Waals surface area contributed by atoms with E-state index in [2.05, 4.69) is 31.9 Å². The number of anilines is 1. The molecule has 1 aliphatic heterocycles. The molecule has 1 heterocycles. The Hall–Kier alpha value is -2.33. The predicted molar refractivity (Wildman–Crippen MR) is 137 cm³/mol. The second-order valence-electron chi connectivity index (χ2n) is 7.60. The summed E-state index contributed by atoms with van der Waals surface area (Å²) in [5.41, 5.74) is 3.12. The molecule has 31 heavy (non-hydrogen) atoms. The molecule has 1 amide bonds. The quantitative estimate of drug-likeness (QED) is 0.274. The summed E-state index contributed by atoms with van der Waals surface area (Å²) in [7, 11) is 5.80. The number of para-hydroxylation sites is 2. The average Bonchev–Trinajstić information content (AvgIpc) is 2.74. The van der Waals surface area contributed by atoms with Crippen LogP contribution < -0.4 is 20.7 Å². The van der Waals surface area contributed by atoms with Gasteiger partial charge in [0.15, 0.2) is 5.96 Å². The van der Waals surface area contributed by atoms with Crippen molar-refractivity contribution < 1.29 is 9.53 Å². The number of guanidine groups is 1. The van der Waals surface area contributed by atoms with Crippen LogP contribution in [-0.4, -0.2) is 57.6 Å². The standard InChI is InChI=1S/C23H31N5O2.HI/c1-24-23(25-15-17-8-4-7-11-21(17)30-13-12-28(2)3)26-16-18-14-22(29)27-20-10-6-5-9-19(18)20;/h4-11,18H,12-16H2,1-3H3,(H,27,29)(H2,24,25,26);1H. The minimum absolute atomic E-state index is 0. The van der Waals surface area contributed by atoms with Crippen molar-refractivity contribution in [2.24, 2.45) is 4.99 Å². The molecule has 2 aromatic carbocycles. The molecule has 1 aliphatic rings. The fraction of sp³-hybridized carbons (Fsp3) is 0.391. The molecule has 0 fully saturated rings. The third kappa shape index (κ3) is 7.39. The van der Waals surface area contributed by atoms with Crippen molar-refractivity contribution in [2.45, 2.75) is 18.9 Å². The second-order valence-corrected chi connectivity index (χ2v) is 7.60. The predicted octanol–water partition coefficient (Wildman–Crippen LogP) is 3.04. The Labute approximate surface area is 201 Å². The normalized spacial score (nSPS) is 15.5. The average molecular weight is 537 g/mol. The lowest BCUT2D eigenvalue weighted by atomic mass is 9.90. The molecule has 1 unspecified atom stereocenters. The van der Waals surface area contributed by atoms with Crippen molar-refractivity contribution in [1.29, 1.82) is 0 Å². The van der Waals surface area contributed by atoms with Crippen LogP contribution in [0.4, 0.5) is 5.69 Å². The topological polar surface area (TPSA) is 78.0 Å². The smallest absolute Gasteiger partial charge is 0.225 e. The van der Waals surface area contributed by atoms with Gasteiger partial charge in [0.1, 0.15) is 12.4 Å². The summed E-state index contributed by atoms with van der Waals surface area (Å²) in [6.45, 7) is 2.73. The van der Waals surface area contributed by atoms with Gasteiger partial charge in [0.25, 0.3) is 0 Å². The van der Waals surface area contributed by atoms with Crippen LogP contribution in [0.5, 0.6) is 5.75 Å². The minimum Gasteiger partial charge on any atom is -0.492 e. The Kier molecular flexibility index (Phi) is 10.1. The molecular weight excluding hydrogens is 505 g/mol. The molecule has 0 aromatic heterocycles. The van der Waals surface area contributed by atoms with E-state index in [4.69, 9.17) is 4.74 Å². The molecular formula is C23H32IN5O2.